The molecule has 3 aromatic rings. The van der Waals surface area contributed by atoms with Crippen molar-refractivity contribution in [1.29, 1.82) is 0 Å². The van der Waals surface area contributed by atoms with Gasteiger partial charge in [-0.1, -0.05) is 34.5 Å². The molecular formula is C15H11Cl2N5O. The third kappa shape index (κ3) is 3.28. The quantitative estimate of drug-likeness (QED) is 0.760. The summed E-state index contributed by atoms with van der Waals surface area (Å²) in [4.78, 5) is 12.3. The number of nitrogen functional groups attached to an aromatic ring is 1. The minimum Gasteiger partial charge on any atom is -0.382 e. The van der Waals surface area contributed by atoms with E-state index in [0.717, 1.165) is 0 Å². The van der Waals surface area contributed by atoms with E-state index in [2.05, 4.69) is 15.6 Å². The van der Waals surface area contributed by atoms with E-state index in [9.17, 15) is 4.79 Å². The molecule has 0 fully saturated rings. The summed E-state index contributed by atoms with van der Waals surface area (Å²) in [6.07, 6.45) is 0. The first-order valence-electron chi connectivity index (χ1n) is 6.58. The van der Waals surface area contributed by atoms with Crippen molar-refractivity contribution in [3.8, 4) is 5.69 Å². The molecule has 0 saturated carbocycles. The summed E-state index contributed by atoms with van der Waals surface area (Å²) >= 11 is 11.7. The molecule has 1 aromatic heterocycles. The summed E-state index contributed by atoms with van der Waals surface area (Å²) in [6, 6.07) is 13.6. The van der Waals surface area contributed by atoms with Crippen LogP contribution >= 0.6 is 23.2 Å². The molecule has 3 N–H and O–H groups in total. The van der Waals surface area contributed by atoms with Crippen LogP contribution in [0, 0.1) is 0 Å². The maximum absolute atomic E-state index is 12.3. The van der Waals surface area contributed by atoms with E-state index in [0.29, 0.717) is 21.4 Å². The Kier molecular flexibility index (Phi) is 4.18. The predicted molar refractivity (Wildman–Crippen MR) is 90.2 cm³/mol. The largest absolute Gasteiger partial charge is 0.382 e. The number of halogens is 2. The standard InChI is InChI=1S/C15H11Cl2N5O/c16-9-4-6-11(7-5-9)19-15(23)13-14(18)22(21-20-13)12-3-1-2-10(17)8-12/h1-8H,18H2,(H,19,23). The second-order valence-electron chi connectivity index (χ2n) is 4.68. The lowest BCUT2D eigenvalue weighted by Crippen LogP contribution is -2.15. The van der Waals surface area contributed by atoms with Crippen molar-refractivity contribution < 1.29 is 4.79 Å². The first-order valence-corrected chi connectivity index (χ1v) is 7.34. The van der Waals surface area contributed by atoms with Crippen LogP contribution in [0.3, 0.4) is 0 Å². The number of rotatable bonds is 3. The zero-order valence-corrected chi connectivity index (χ0v) is 13.2. The number of aromatic nitrogens is 3. The van der Waals surface area contributed by atoms with Crippen molar-refractivity contribution in [1.82, 2.24) is 15.0 Å². The summed E-state index contributed by atoms with van der Waals surface area (Å²) in [5.41, 5.74) is 7.20. The summed E-state index contributed by atoms with van der Waals surface area (Å²) in [7, 11) is 0. The minimum atomic E-state index is -0.460. The van der Waals surface area contributed by atoms with E-state index in [1.165, 1.54) is 4.68 Å². The Morgan fingerprint density at radius 2 is 1.83 bits per heavy atom. The third-order valence-electron chi connectivity index (χ3n) is 3.07. The highest BCUT2D eigenvalue weighted by Crippen LogP contribution is 2.20. The van der Waals surface area contributed by atoms with E-state index >= 15 is 0 Å². The molecule has 8 heteroatoms. The Morgan fingerprint density at radius 3 is 2.52 bits per heavy atom. The maximum Gasteiger partial charge on any atom is 0.280 e. The number of anilines is 2. The third-order valence-corrected chi connectivity index (χ3v) is 3.56. The second-order valence-corrected chi connectivity index (χ2v) is 5.55. The van der Waals surface area contributed by atoms with E-state index in [1.807, 2.05) is 0 Å². The first-order chi connectivity index (χ1) is 11.0. The molecule has 1 amide bonds. The van der Waals surface area contributed by atoms with Crippen molar-refractivity contribution in [2.75, 3.05) is 11.1 Å². The van der Waals surface area contributed by atoms with Gasteiger partial charge in [-0.25, -0.2) is 0 Å². The summed E-state index contributed by atoms with van der Waals surface area (Å²) in [6.45, 7) is 0. The van der Waals surface area contributed by atoms with Crippen molar-refractivity contribution in [2.45, 2.75) is 0 Å². The van der Waals surface area contributed by atoms with Gasteiger partial charge in [-0.15, -0.1) is 5.10 Å². The van der Waals surface area contributed by atoms with Crippen molar-refractivity contribution in [3.63, 3.8) is 0 Å². The molecule has 2 aromatic carbocycles. The van der Waals surface area contributed by atoms with Crippen LogP contribution in [0.2, 0.25) is 10.0 Å². The number of carbonyl (C=O) groups is 1. The van der Waals surface area contributed by atoms with E-state index in [4.69, 9.17) is 28.9 Å². The van der Waals surface area contributed by atoms with E-state index in [1.54, 1.807) is 48.5 Å². The molecule has 0 aliphatic carbocycles. The van der Waals surface area contributed by atoms with Crippen molar-refractivity contribution in [3.05, 3.63) is 64.3 Å². The Balaban J connectivity index is 1.86. The fourth-order valence-electron chi connectivity index (χ4n) is 1.97. The van der Waals surface area contributed by atoms with Crippen molar-refractivity contribution >= 4 is 40.6 Å². The monoisotopic (exact) mass is 347 g/mol. The number of benzene rings is 2. The maximum atomic E-state index is 12.3. The molecule has 23 heavy (non-hydrogen) atoms. The molecule has 0 aliphatic rings. The Labute approximate surface area is 141 Å². The number of hydrogen-bond donors (Lipinski definition) is 2. The second kappa shape index (κ2) is 6.28. The minimum absolute atomic E-state index is 0.0277. The fraction of sp³-hybridized carbons (Fsp3) is 0. The predicted octanol–water partition coefficient (Wildman–Crippen LogP) is 3.41. The molecule has 116 valence electrons. The van der Waals surface area contributed by atoms with Crippen LogP contribution in [0.4, 0.5) is 11.5 Å². The average Bonchev–Trinajstić information content (AvgIpc) is 2.91. The molecule has 0 bridgehead atoms. The van der Waals surface area contributed by atoms with Crippen LogP contribution in [0.5, 0.6) is 0 Å². The van der Waals surface area contributed by atoms with Gasteiger partial charge in [0.05, 0.1) is 5.69 Å². The van der Waals surface area contributed by atoms with Crippen LogP contribution in [0.25, 0.3) is 5.69 Å². The summed E-state index contributed by atoms with van der Waals surface area (Å²) < 4.78 is 1.35. The Hall–Kier alpha value is -2.57. The first kappa shape index (κ1) is 15.3. The lowest BCUT2D eigenvalue weighted by Gasteiger charge is -2.05. The molecule has 0 aliphatic heterocycles. The fourth-order valence-corrected chi connectivity index (χ4v) is 2.28. The normalized spacial score (nSPS) is 10.5. The number of nitrogens with one attached hydrogen (secondary N) is 1. The SMILES string of the molecule is Nc1c(C(=O)Nc2ccc(Cl)cc2)nnn1-c1cccc(Cl)c1. The lowest BCUT2D eigenvalue weighted by atomic mass is 10.3. The number of amides is 1. The summed E-state index contributed by atoms with van der Waals surface area (Å²) in [5.74, 6) is -0.336. The van der Waals surface area contributed by atoms with E-state index in [-0.39, 0.29) is 11.5 Å². The van der Waals surface area contributed by atoms with Gasteiger partial charge >= 0.3 is 0 Å². The molecule has 1 heterocycles. The van der Waals surface area contributed by atoms with Crippen molar-refractivity contribution in [2.24, 2.45) is 0 Å². The Bertz CT molecular complexity index is 861. The van der Waals surface area contributed by atoms with Gasteiger partial charge in [-0.3, -0.25) is 4.79 Å². The number of carbonyl (C=O) groups excluding carboxylic acids is 1. The van der Waals surface area contributed by atoms with Crippen LogP contribution < -0.4 is 11.1 Å². The zero-order chi connectivity index (χ0) is 16.4. The Morgan fingerprint density at radius 1 is 1.09 bits per heavy atom. The molecule has 0 radical (unpaired) electrons. The van der Waals surface area contributed by atoms with Gasteiger partial charge < -0.3 is 11.1 Å². The smallest absolute Gasteiger partial charge is 0.280 e. The van der Waals surface area contributed by atoms with Gasteiger partial charge in [0.15, 0.2) is 11.5 Å². The lowest BCUT2D eigenvalue weighted by molar-refractivity contribution is 0.102. The van der Waals surface area contributed by atoms with Gasteiger partial charge in [0.1, 0.15) is 0 Å². The average molecular weight is 348 g/mol. The van der Waals surface area contributed by atoms with Gasteiger partial charge in [-0.2, -0.15) is 4.68 Å². The van der Waals surface area contributed by atoms with Gasteiger partial charge in [0, 0.05) is 15.7 Å². The molecule has 3 rings (SSSR count). The van der Waals surface area contributed by atoms with Gasteiger partial charge in [0.25, 0.3) is 5.91 Å². The van der Waals surface area contributed by atoms with Crippen LogP contribution in [0.1, 0.15) is 10.5 Å². The van der Waals surface area contributed by atoms with Crippen LogP contribution in [-0.4, -0.2) is 20.9 Å². The summed E-state index contributed by atoms with van der Waals surface area (Å²) in [5, 5.41) is 11.5. The molecule has 0 unspecified atom stereocenters. The van der Waals surface area contributed by atoms with E-state index < -0.39 is 5.91 Å². The highest BCUT2D eigenvalue weighted by atomic mass is 35.5. The molecule has 0 atom stereocenters. The van der Waals surface area contributed by atoms with Gasteiger partial charge in [0.2, 0.25) is 0 Å². The van der Waals surface area contributed by atoms with Gasteiger partial charge in [-0.05, 0) is 42.5 Å². The number of nitrogens with zero attached hydrogens (tertiary/aromatic N) is 3. The molecule has 0 spiro atoms. The topological polar surface area (TPSA) is 85.8 Å². The molecule has 0 saturated heterocycles. The highest BCUT2D eigenvalue weighted by molar-refractivity contribution is 6.31. The number of nitrogens with two attached hydrogens (primary N) is 1. The molecular weight excluding hydrogens is 337 g/mol. The zero-order valence-electron chi connectivity index (χ0n) is 11.7. The molecule has 6 nitrogen and oxygen atoms in total. The highest BCUT2D eigenvalue weighted by Gasteiger charge is 2.18. The number of hydrogen-bond acceptors (Lipinski definition) is 4. The van der Waals surface area contributed by atoms with Crippen LogP contribution in [0.15, 0.2) is 48.5 Å². The van der Waals surface area contributed by atoms with Crippen LogP contribution in [-0.2, 0) is 0 Å².